The van der Waals surface area contributed by atoms with E-state index in [0.717, 1.165) is 47.4 Å². The van der Waals surface area contributed by atoms with Gasteiger partial charge in [0.2, 0.25) is 11.7 Å². The molecule has 5 rings (SSSR count). The van der Waals surface area contributed by atoms with Crippen molar-refractivity contribution in [1.29, 1.82) is 5.26 Å². The van der Waals surface area contributed by atoms with Crippen LogP contribution in [-0.4, -0.2) is 32.3 Å². The zero-order valence-corrected chi connectivity index (χ0v) is 18.5. The Bertz CT molecular complexity index is 1360. The van der Waals surface area contributed by atoms with Gasteiger partial charge in [0.15, 0.2) is 0 Å². The van der Waals surface area contributed by atoms with E-state index >= 15 is 0 Å². The maximum Gasteiger partial charge on any atom is 0.282 e. The van der Waals surface area contributed by atoms with Gasteiger partial charge in [-0.2, -0.15) is 10.2 Å². The molecule has 3 heterocycles. The number of anilines is 1. The van der Waals surface area contributed by atoms with Crippen LogP contribution in [0.15, 0.2) is 51.7 Å². The standard InChI is InChI=1S/C23H21BrN6O/c24-18-9-10-20-19(13-18)21(31)26-22-29(15-17-7-5-16(14-25)6-8-17)27-23(30(20)22)28-11-3-1-2-4-12-28/h5-10,13H,1-4,11-12,15H2. The molecule has 0 spiro atoms. The molecule has 0 unspecified atom stereocenters. The van der Waals surface area contributed by atoms with Gasteiger partial charge < -0.3 is 4.90 Å². The SMILES string of the molecule is N#Cc1ccc(Cn2nc(N3CCCCCC3)n3c4ccc(Br)cc4c(=O)nc23)cc1. The Hall–Kier alpha value is -3.18. The van der Waals surface area contributed by atoms with Crippen molar-refractivity contribution in [2.75, 3.05) is 18.0 Å². The summed E-state index contributed by atoms with van der Waals surface area (Å²) >= 11 is 3.47. The second kappa shape index (κ2) is 8.16. The molecule has 31 heavy (non-hydrogen) atoms. The fraction of sp³-hybridized carbons (Fsp3) is 0.304. The van der Waals surface area contributed by atoms with Crippen LogP contribution in [0.3, 0.4) is 0 Å². The molecule has 1 aliphatic rings. The number of halogens is 1. The van der Waals surface area contributed by atoms with E-state index in [0.29, 0.717) is 23.3 Å². The molecule has 1 fully saturated rings. The molecule has 0 radical (unpaired) electrons. The molecule has 0 saturated carbocycles. The highest BCUT2D eigenvalue weighted by Crippen LogP contribution is 2.25. The lowest BCUT2D eigenvalue weighted by Gasteiger charge is -2.20. The Morgan fingerprint density at radius 1 is 1.03 bits per heavy atom. The van der Waals surface area contributed by atoms with Crippen molar-refractivity contribution in [2.45, 2.75) is 32.2 Å². The minimum atomic E-state index is -0.264. The van der Waals surface area contributed by atoms with Gasteiger partial charge in [0, 0.05) is 17.6 Å². The van der Waals surface area contributed by atoms with Crippen LogP contribution in [0.2, 0.25) is 0 Å². The molecule has 0 atom stereocenters. The van der Waals surface area contributed by atoms with E-state index in [1.54, 1.807) is 16.8 Å². The van der Waals surface area contributed by atoms with Crippen molar-refractivity contribution in [3.05, 3.63) is 68.4 Å². The van der Waals surface area contributed by atoms with Crippen LogP contribution in [0.1, 0.15) is 36.8 Å². The molecule has 7 nitrogen and oxygen atoms in total. The summed E-state index contributed by atoms with van der Waals surface area (Å²) in [6.07, 6.45) is 4.70. The molecule has 2 aromatic heterocycles. The maximum absolute atomic E-state index is 12.8. The van der Waals surface area contributed by atoms with Crippen molar-refractivity contribution in [3.8, 4) is 6.07 Å². The van der Waals surface area contributed by atoms with Gasteiger partial charge >= 0.3 is 0 Å². The minimum absolute atomic E-state index is 0.264. The number of hydrogen-bond acceptors (Lipinski definition) is 5. The lowest BCUT2D eigenvalue weighted by Crippen LogP contribution is -2.26. The summed E-state index contributed by atoms with van der Waals surface area (Å²) in [7, 11) is 0. The second-order valence-corrected chi connectivity index (χ2v) is 8.80. The molecule has 0 aliphatic carbocycles. The third-order valence-corrected chi connectivity index (χ3v) is 6.27. The number of hydrogen-bond donors (Lipinski definition) is 0. The number of nitrogens with zero attached hydrogens (tertiary/aromatic N) is 6. The summed E-state index contributed by atoms with van der Waals surface area (Å²) in [4.78, 5) is 19.6. The van der Waals surface area contributed by atoms with E-state index in [1.807, 2.05) is 34.7 Å². The first-order chi connectivity index (χ1) is 15.1. The predicted molar refractivity (Wildman–Crippen MR) is 123 cm³/mol. The number of nitriles is 1. The van der Waals surface area contributed by atoms with E-state index in [-0.39, 0.29) is 5.56 Å². The Labute approximate surface area is 187 Å². The Morgan fingerprint density at radius 3 is 2.48 bits per heavy atom. The fourth-order valence-electron chi connectivity index (χ4n) is 4.19. The van der Waals surface area contributed by atoms with Gasteiger partial charge in [-0.3, -0.25) is 4.79 Å². The maximum atomic E-state index is 12.8. The van der Waals surface area contributed by atoms with E-state index in [1.165, 1.54) is 12.8 Å². The van der Waals surface area contributed by atoms with Crippen molar-refractivity contribution >= 4 is 38.6 Å². The largest absolute Gasteiger partial charge is 0.341 e. The van der Waals surface area contributed by atoms with Crippen molar-refractivity contribution in [3.63, 3.8) is 0 Å². The third-order valence-electron chi connectivity index (χ3n) is 5.78. The van der Waals surface area contributed by atoms with Crippen LogP contribution in [0.4, 0.5) is 5.95 Å². The second-order valence-electron chi connectivity index (χ2n) is 7.88. The topological polar surface area (TPSA) is 79.2 Å². The van der Waals surface area contributed by atoms with E-state index in [2.05, 4.69) is 31.9 Å². The number of rotatable bonds is 3. The zero-order chi connectivity index (χ0) is 21.4. The first-order valence-corrected chi connectivity index (χ1v) is 11.3. The molecule has 8 heteroatoms. The van der Waals surface area contributed by atoms with E-state index in [4.69, 9.17) is 10.4 Å². The summed E-state index contributed by atoms with van der Waals surface area (Å²) in [5.41, 5.74) is 2.16. The smallest absolute Gasteiger partial charge is 0.282 e. The van der Waals surface area contributed by atoms with Crippen molar-refractivity contribution in [2.24, 2.45) is 0 Å². The van der Waals surface area contributed by atoms with Crippen LogP contribution in [-0.2, 0) is 6.54 Å². The van der Waals surface area contributed by atoms with Gasteiger partial charge in [0.05, 0.1) is 29.1 Å². The van der Waals surface area contributed by atoms with E-state index in [9.17, 15) is 4.79 Å². The van der Waals surface area contributed by atoms with E-state index < -0.39 is 0 Å². The van der Waals surface area contributed by atoms with Gasteiger partial charge in [-0.15, -0.1) is 5.10 Å². The van der Waals surface area contributed by atoms with Crippen molar-refractivity contribution in [1.82, 2.24) is 19.2 Å². The highest BCUT2D eigenvalue weighted by atomic mass is 79.9. The minimum Gasteiger partial charge on any atom is -0.341 e. The van der Waals surface area contributed by atoms with Crippen LogP contribution in [0.25, 0.3) is 16.7 Å². The number of benzene rings is 2. The summed E-state index contributed by atoms with van der Waals surface area (Å²) in [6.45, 7) is 2.35. The monoisotopic (exact) mass is 476 g/mol. The first kappa shape index (κ1) is 19.8. The molecule has 0 N–H and O–H groups in total. The van der Waals surface area contributed by atoms with Gasteiger partial charge in [-0.25, -0.2) is 9.08 Å². The van der Waals surface area contributed by atoms with Crippen LogP contribution >= 0.6 is 15.9 Å². The molecule has 0 bridgehead atoms. The molecule has 156 valence electrons. The van der Waals surface area contributed by atoms with Crippen LogP contribution in [0, 0.1) is 11.3 Å². The summed E-state index contributed by atoms with van der Waals surface area (Å²) in [5.74, 6) is 1.36. The Morgan fingerprint density at radius 2 is 1.77 bits per heavy atom. The highest BCUT2D eigenvalue weighted by molar-refractivity contribution is 9.10. The first-order valence-electron chi connectivity index (χ1n) is 10.5. The zero-order valence-electron chi connectivity index (χ0n) is 17.0. The predicted octanol–water partition coefficient (Wildman–Crippen LogP) is 4.11. The number of aromatic nitrogens is 4. The third kappa shape index (κ3) is 3.70. The Balaban J connectivity index is 1.71. The normalized spacial score (nSPS) is 14.6. The molecular formula is C23H21BrN6O. The average Bonchev–Trinajstić information content (AvgIpc) is 2.95. The number of fused-ring (bicyclic) bond motifs is 3. The molecule has 1 saturated heterocycles. The molecule has 2 aromatic carbocycles. The lowest BCUT2D eigenvalue weighted by atomic mass is 10.1. The summed E-state index contributed by atoms with van der Waals surface area (Å²) < 4.78 is 4.66. The Kier molecular flexibility index (Phi) is 5.20. The molecular weight excluding hydrogens is 456 g/mol. The van der Waals surface area contributed by atoms with Gasteiger partial charge in [0.1, 0.15) is 0 Å². The highest BCUT2D eigenvalue weighted by Gasteiger charge is 2.21. The summed E-state index contributed by atoms with van der Waals surface area (Å²) in [6, 6.07) is 15.3. The summed E-state index contributed by atoms with van der Waals surface area (Å²) in [5, 5.41) is 14.6. The quantitative estimate of drug-likeness (QED) is 0.444. The van der Waals surface area contributed by atoms with Gasteiger partial charge in [-0.1, -0.05) is 40.9 Å². The lowest BCUT2D eigenvalue weighted by molar-refractivity contribution is 0.685. The molecule has 0 amide bonds. The fourth-order valence-corrected chi connectivity index (χ4v) is 4.55. The van der Waals surface area contributed by atoms with Crippen LogP contribution < -0.4 is 10.5 Å². The van der Waals surface area contributed by atoms with Crippen molar-refractivity contribution < 1.29 is 0 Å². The van der Waals surface area contributed by atoms with Gasteiger partial charge in [0.25, 0.3) is 5.56 Å². The molecule has 1 aliphatic heterocycles. The molecule has 4 aromatic rings. The van der Waals surface area contributed by atoms with Crippen LogP contribution in [0.5, 0.6) is 0 Å². The van der Waals surface area contributed by atoms with Gasteiger partial charge in [-0.05, 0) is 48.7 Å². The average molecular weight is 477 g/mol.